The fraction of sp³-hybridized carbons (Fsp3) is 0.455. The zero-order chi connectivity index (χ0) is 31.9. The number of halogens is 3. The number of piperidine rings is 1. The van der Waals surface area contributed by atoms with E-state index in [0.29, 0.717) is 43.7 Å². The SMILES string of the molecule is N#Cc1cc2c(N3C[C@H]4C[C@@H](C3)[C@H](O)C4)nc(OC[C@@]34CCCN3C[C@H](F)C4)nc2c(F)c1-c1ccc(F)c2sc(N)c(C#N)c12. The van der Waals surface area contributed by atoms with Gasteiger partial charge in [-0.15, -0.1) is 11.3 Å². The fourth-order valence-corrected chi connectivity index (χ4v) is 9.36. The Morgan fingerprint density at radius 3 is 2.78 bits per heavy atom. The first-order valence-corrected chi connectivity index (χ1v) is 16.3. The van der Waals surface area contributed by atoms with Gasteiger partial charge in [-0.25, -0.2) is 13.2 Å². The molecule has 8 rings (SSSR count). The maximum Gasteiger partial charge on any atom is 0.319 e. The van der Waals surface area contributed by atoms with Crippen LogP contribution in [0, 0.1) is 46.1 Å². The van der Waals surface area contributed by atoms with Crippen molar-refractivity contribution in [3.63, 3.8) is 0 Å². The molecule has 2 bridgehead atoms. The summed E-state index contributed by atoms with van der Waals surface area (Å²) in [5.41, 5.74) is 5.47. The summed E-state index contributed by atoms with van der Waals surface area (Å²) in [6.07, 6.45) is 2.22. The van der Waals surface area contributed by atoms with Crippen molar-refractivity contribution in [2.24, 2.45) is 11.8 Å². The Labute approximate surface area is 266 Å². The third kappa shape index (κ3) is 4.40. The highest BCUT2D eigenvalue weighted by atomic mass is 32.1. The maximum atomic E-state index is 17.0. The van der Waals surface area contributed by atoms with Gasteiger partial charge in [0.25, 0.3) is 0 Å². The van der Waals surface area contributed by atoms with E-state index in [1.54, 1.807) is 0 Å². The summed E-state index contributed by atoms with van der Waals surface area (Å²) in [6, 6.07) is 8.07. The number of hydrogen-bond acceptors (Lipinski definition) is 10. The summed E-state index contributed by atoms with van der Waals surface area (Å²) in [5.74, 6) is -0.798. The minimum Gasteiger partial charge on any atom is -0.461 e. The van der Waals surface area contributed by atoms with Gasteiger partial charge in [0.05, 0.1) is 33.5 Å². The van der Waals surface area contributed by atoms with Gasteiger partial charge in [-0.2, -0.15) is 20.5 Å². The van der Waals surface area contributed by atoms with E-state index in [-0.39, 0.29) is 67.3 Å². The molecule has 5 heterocycles. The second-order valence-electron chi connectivity index (χ2n) is 13.1. The van der Waals surface area contributed by atoms with Crippen molar-refractivity contribution < 1.29 is 23.0 Å². The molecule has 4 fully saturated rings. The molecule has 0 radical (unpaired) electrons. The molecular formula is C33H30F3N7O2S. The van der Waals surface area contributed by atoms with Gasteiger partial charge in [-0.3, -0.25) is 4.90 Å². The number of rotatable bonds is 5. The predicted octanol–water partition coefficient (Wildman–Crippen LogP) is 5.28. The van der Waals surface area contributed by atoms with Crippen molar-refractivity contribution in [2.75, 3.05) is 43.4 Å². The Balaban J connectivity index is 1.31. The van der Waals surface area contributed by atoms with E-state index in [2.05, 4.69) is 16.0 Å². The molecule has 46 heavy (non-hydrogen) atoms. The Morgan fingerprint density at radius 1 is 1.15 bits per heavy atom. The molecule has 9 nitrogen and oxygen atoms in total. The standard InChI is InChI=1S/C33H30F3N7O2S/c34-19-9-33(4-1-5-43(33)14-19)15-45-32-40-28-21(31(41-32)42-12-16-6-18(13-42)24(44)7-16)8-17(10-37)25(27(28)36)20-2-3-23(35)29-26(20)22(11-38)30(39)46-29/h2-3,8,16,18-19,24,44H,1,4-7,9,12-15,39H2/t16-,18-,19+,24+,33-/m0/s1. The summed E-state index contributed by atoms with van der Waals surface area (Å²) in [4.78, 5) is 13.4. The summed E-state index contributed by atoms with van der Waals surface area (Å²) < 4.78 is 52.7. The van der Waals surface area contributed by atoms with Crippen LogP contribution in [0.2, 0.25) is 0 Å². The van der Waals surface area contributed by atoms with Crippen molar-refractivity contribution >= 4 is 43.1 Å². The van der Waals surface area contributed by atoms with Gasteiger partial charge in [0.15, 0.2) is 5.82 Å². The highest BCUT2D eigenvalue weighted by Crippen LogP contribution is 2.46. The molecule has 4 aliphatic rings. The van der Waals surface area contributed by atoms with E-state index in [1.165, 1.54) is 18.2 Å². The lowest BCUT2D eigenvalue weighted by Gasteiger charge is -2.34. The van der Waals surface area contributed by atoms with Crippen LogP contribution in [0.15, 0.2) is 18.2 Å². The molecule has 1 saturated carbocycles. The first-order valence-electron chi connectivity index (χ1n) is 15.5. The number of thiophene rings is 1. The number of hydrogen-bond donors (Lipinski definition) is 2. The van der Waals surface area contributed by atoms with Gasteiger partial charge >= 0.3 is 6.01 Å². The number of ether oxygens (including phenoxy) is 1. The lowest BCUT2D eigenvalue weighted by molar-refractivity contribution is 0.107. The molecule has 3 aliphatic heterocycles. The summed E-state index contributed by atoms with van der Waals surface area (Å²) in [7, 11) is 0. The average molecular weight is 646 g/mol. The Hall–Kier alpha value is -4.17. The van der Waals surface area contributed by atoms with Crippen LogP contribution in [-0.2, 0) is 0 Å². The second kappa shape index (κ2) is 10.7. The van der Waals surface area contributed by atoms with Gasteiger partial charge in [-0.05, 0) is 55.8 Å². The molecule has 13 heteroatoms. The van der Waals surface area contributed by atoms with Crippen LogP contribution in [0.25, 0.3) is 32.1 Å². The van der Waals surface area contributed by atoms with Crippen molar-refractivity contribution in [3.05, 3.63) is 41.0 Å². The topological polar surface area (TPSA) is 135 Å². The van der Waals surface area contributed by atoms with Crippen LogP contribution in [0.3, 0.4) is 0 Å². The van der Waals surface area contributed by atoms with Crippen LogP contribution in [0.5, 0.6) is 6.01 Å². The van der Waals surface area contributed by atoms with Crippen LogP contribution >= 0.6 is 11.3 Å². The molecule has 0 amide bonds. The highest BCUT2D eigenvalue weighted by molar-refractivity contribution is 7.23. The van der Waals surface area contributed by atoms with Crippen LogP contribution in [0.1, 0.15) is 43.2 Å². The fourth-order valence-electron chi connectivity index (χ4n) is 8.41. The van der Waals surface area contributed by atoms with Crippen LogP contribution in [-0.4, -0.2) is 70.6 Å². The molecule has 2 aromatic carbocycles. The number of nitrogens with zero attached hydrogens (tertiary/aromatic N) is 6. The zero-order valence-electron chi connectivity index (χ0n) is 24.8. The largest absolute Gasteiger partial charge is 0.461 e. The maximum absolute atomic E-state index is 17.0. The van der Waals surface area contributed by atoms with Crippen LogP contribution < -0.4 is 15.4 Å². The number of aliphatic hydroxyl groups is 1. The number of fused-ring (bicyclic) bond motifs is 5. The summed E-state index contributed by atoms with van der Waals surface area (Å²) in [5, 5.41) is 31.3. The molecule has 2 aromatic heterocycles. The minimum absolute atomic E-state index is 0.00994. The quantitative estimate of drug-likeness (QED) is 0.297. The smallest absolute Gasteiger partial charge is 0.319 e. The number of aliphatic hydroxyl groups excluding tert-OH is 1. The lowest BCUT2D eigenvalue weighted by atomic mass is 9.93. The molecule has 236 valence electrons. The Kier molecular flexibility index (Phi) is 6.80. The lowest BCUT2D eigenvalue weighted by Crippen LogP contribution is -2.43. The number of anilines is 2. The van der Waals surface area contributed by atoms with Gasteiger partial charge < -0.3 is 20.5 Å². The van der Waals surface area contributed by atoms with Gasteiger partial charge in [0.2, 0.25) is 0 Å². The van der Waals surface area contributed by atoms with Crippen molar-refractivity contribution in [2.45, 2.75) is 49.9 Å². The normalized spacial score (nSPS) is 27.3. The van der Waals surface area contributed by atoms with E-state index in [9.17, 15) is 24.4 Å². The molecule has 0 spiro atoms. The van der Waals surface area contributed by atoms with E-state index in [1.807, 2.05) is 11.0 Å². The van der Waals surface area contributed by atoms with E-state index >= 15 is 4.39 Å². The number of nitriles is 2. The average Bonchev–Trinajstić information content (AvgIpc) is 3.75. The minimum atomic E-state index is -0.950. The van der Waals surface area contributed by atoms with Crippen molar-refractivity contribution in [1.82, 2.24) is 14.9 Å². The van der Waals surface area contributed by atoms with Gasteiger partial charge in [-0.1, -0.05) is 6.07 Å². The van der Waals surface area contributed by atoms with Gasteiger partial charge in [0, 0.05) is 48.3 Å². The van der Waals surface area contributed by atoms with E-state index in [0.717, 1.165) is 37.1 Å². The second-order valence-corrected chi connectivity index (χ2v) is 14.2. The predicted molar refractivity (Wildman–Crippen MR) is 167 cm³/mol. The molecular weight excluding hydrogens is 615 g/mol. The third-order valence-electron chi connectivity index (χ3n) is 10.4. The van der Waals surface area contributed by atoms with Gasteiger partial charge in [0.1, 0.15) is 41.0 Å². The molecule has 5 atom stereocenters. The monoisotopic (exact) mass is 645 g/mol. The van der Waals surface area contributed by atoms with Crippen molar-refractivity contribution in [1.29, 1.82) is 10.5 Å². The summed E-state index contributed by atoms with van der Waals surface area (Å²) >= 11 is 0.889. The zero-order valence-corrected chi connectivity index (χ0v) is 25.6. The van der Waals surface area contributed by atoms with E-state index in [4.69, 9.17) is 15.5 Å². The highest BCUT2D eigenvalue weighted by Gasteiger charge is 2.49. The molecule has 0 unspecified atom stereocenters. The van der Waals surface area contributed by atoms with Crippen molar-refractivity contribution in [3.8, 4) is 29.3 Å². The first kappa shape index (κ1) is 29.2. The third-order valence-corrected chi connectivity index (χ3v) is 11.5. The Bertz CT molecular complexity index is 2010. The summed E-state index contributed by atoms with van der Waals surface area (Å²) in [6.45, 7) is 2.36. The number of nitrogen functional groups attached to an aromatic ring is 1. The number of alkyl halides is 1. The molecule has 3 saturated heterocycles. The first-order chi connectivity index (χ1) is 22.2. The number of nitrogens with two attached hydrogens (primary N) is 1. The number of benzene rings is 2. The Morgan fingerprint density at radius 2 is 2.00 bits per heavy atom. The van der Waals surface area contributed by atoms with E-state index < -0.39 is 29.4 Å². The molecule has 4 aromatic rings. The molecule has 1 aliphatic carbocycles. The number of aromatic nitrogens is 2. The van der Waals surface area contributed by atoms with Crippen LogP contribution in [0.4, 0.5) is 24.0 Å². The molecule has 3 N–H and O–H groups in total.